The Hall–Kier alpha value is -3.22. The summed E-state index contributed by atoms with van der Waals surface area (Å²) in [6.45, 7) is 1.29. The van der Waals surface area contributed by atoms with E-state index >= 15 is 0 Å². The van der Waals surface area contributed by atoms with Gasteiger partial charge in [-0.1, -0.05) is 18.2 Å². The summed E-state index contributed by atoms with van der Waals surface area (Å²) in [5, 5.41) is 10.5. The fraction of sp³-hybridized carbons (Fsp3) is 0.222. The zero-order valence-corrected chi connectivity index (χ0v) is 14.2. The fourth-order valence-electron chi connectivity index (χ4n) is 2.04. The molecule has 0 aliphatic heterocycles. The first-order chi connectivity index (χ1) is 12.0. The number of nitrogens with zero attached hydrogens (tertiary/aromatic N) is 2. The van der Waals surface area contributed by atoms with Gasteiger partial charge in [0.2, 0.25) is 6.04 Å². The lowest BCUT2D eigenvalue weighted by atomic mass is 10.2. The summed E-state index contributed by atoms with van der Waals surface area (Å²) >= 11 is 0. The number of hydrogen-bond acceptors (Lipinski definition) is 6. The minimum absolute atomic E-state index is 0.391. The maximum Gasteiger partial charge on any atom is 0.258 e. The molecule has 1 atom stereocenters. The number of carbonyl (C=O) groups is 2. The Morgan fingerprint density at radius 3 is 2.36 bits per heavy atom. The number of anilines is 1. The number of rotatable bonds is 7. The first kappa shape index (κ1) is 18.1. The van der Waals surface area contributed by atoms with Crippen molar-refractivity contribution in [1.82, 2.24) is 0 Å². The molecule has 25 heavy (non-hydrogen) atoms. The predicted octanol–water partition coefficient (Wildman–Crippen LogP) is 3.38. The SMILES string of the molecule is COc1ccc(N=NC(C(C)=O)C(=O)Nc2ccccc2)c(OC)c1. The van der Waals surface area contributed by atoms with Gasteiger partial charge in [-0.15, -0.1) is 0 Å². The monoisotopic (exact) mass is 341 g/mol. The summed E-state index contributed by atoms with van der Waals surface area (Å²) in [4.78, 5) is 24.1. The van der Waals surface area contributed by atoms with Crippen LogP contribution >= 0.6 is 0 Å². The molecule has 0 radical (unpaired) electrons. The molecule has 0 spiro atoms. The number of methoxy groups -OCH3 is 2. The number of para-hydroxylation sites is 1. The Bertz CT molecular complexity index is 775. The van der Waals surface area contributed by atoms with Crippen LogP contribution in [0, 0.1) is 0 Å². The van der Waals surface area contributed by atoms with Gasteiger partial charge in [-0.05, 0) is 31.2 Å². The largest absolute Gasteiger partial charge is 0.497 e. The van der Waals surface area contributed by atoms with Crippen LogP contribution in [0.3, 0.4) is 0 Å². The van der Waals surface area contributed by atoms with E-state index in [1.807, 2.05) is 6.07 Å². The highest BCUT2D eigenvalue weighted by atomic mass is 16.5. The van der Waals surface area contributed by atoms with Gasteiger partial charge in [0.05, 0.1) is 14.2 Å². The van der Waals surface area contributed by atoms with Gasteiger partial charge >= 0.3 is 0 Å². The van der Waals surface area contributed by atoms with Gasteiger partial charge in [0.25, 0.3) is 5.91 Å². The van der Waals surface area contributed by atoms with Crippen molar-refractivity contribution in [2.45, 2.75) is 13.0 Å². The highest BCUT2D eigenvalue weighted by Crippen LogP contribution is 2.31. The van der Waals surface area contributed by atoms with E-state index < -0.39 is 17.7 Å². The summed E-state index contributed by atoms with van der Waals surface area (Å²) in [5.41, 5.74) is 0.970. The molecule has 1 unspecified atom stereocenters. The van der Waals surface area contributed by atoms with E-state index in [-0.39, 0.29) is 0 Å². The molecule has 130 valence electrons. The van der Waals surface area contributed by atoms with Crippen LogP contribution in [-0.4, -0.2) is 32.0 Å². The van der Waals surface area contributed by atoms with Crippen LogP contribution in [0.25, 0.3) is 0 Å². The number of nitrogens with one attached hydrogen (secondary N) is 1. The number of hydrogen-bond donors (Lipinski definition) is 1. The Labute approximate surface area is 145 Å². The minimum Gasteiger partial charge on any atom is -0.497 e. The van der Waals surface area contributed by atoms with E-state index in [1.54, 1.807) is 42.5 Å². The zero-order chi connectivity index (χ0) is 18.2. The second-order valence-electron chi connectivity index (χ2n) is 5.12. The van der Waals surface area contributed by atoms with Crippen molar-refractivity contribution < 1.29 is 19.1 Å². The molecule has 2 rings (SSSR count). The molecule has 0 fully saturated rings. The third kappa shape index (κ3) is 4.87. The molecular formula is C18H19N3O4. The fourth-order valence-corrected chi connectivity index (χ4v) is 2.04. The maximum atomic E-state index is 12.3. The smallest absolute Gasteiger partial charge is 0.258 e. The van der Waals surface area contributed by atoms with Gasteiger partial charge in [0, 0.05) is 11.8 Å². The summed E-state index contributed by atoms with van der Waals surface area (Å²) < 4.78 is 10.3. The van der Waals surface area contributed by atoms with E-state index in [0.717, 1.165) is 0 Å². The van der Waals surface area contributed by atoms with Crippen molar-refractivity contribution in [2.75, 3.05) is 19.5 Å². The van der Waals surface area contributed by atoms with Gasteiger partial charge in [0.1, 0.15) is 17.2 Å². The number of Topliss-reactive ketones (excluding diaryl/α,β-unsaturated/α-hetero) is 1. The van der Waals surface area contributed by atoms with Crippen LogP contribution < -0.4 is 14.8 Å². The molecule has 2 aromatic rings. The summed E-state index contributed by atoms with van der Waals surface area (Å²) in [6, 6.07) is 12.5. The molecule has 2 aromatic carbocycles. The van der Waals surface area contributed by atoms with Crippen LogP contribution in [0.5, 0.6) is 11.5 Å². The average molecular weight is 341 g/mol. The van der Waals surface area contributed by atoms with E-state index in [0.29, 0.717) is 22.9 Å². The lowest BCUT2D eigenvalue weighted by Gasteiger charge is -2.10. The quantitative estimate of drug-likeness (QED) is 0.617. The molecule has 0 saturated heterocycles. The summed E-state index contributed by atoms with van der Waals surface area (Å²) in [7, 11) is 3.02. The van der Waals surface area contributed by atoms with E-state index in [1.165, 1.54) is 21.1 Å². The molecule has 0 heterocycles. The second-order valence-corrected chi connectivity index (χ2v) is 5.12. The number of carbonyl (C=O) groups excluding carboxylic acids is 2. The topological polar surface area (TPSA) is 89.4 Å². The van der Waals surface area contributed by atoms with Crippen molar-refractivity contribution >= 4 is 23.1 Å². The molecule has 0 aliphatic rings. The summed E-state index contributed by atoms with van der Waals surface area (Å²) in [5.74, 6) is 0.0641. The standard InChI is InChI=1S/C18H19N3O4/c1-12(22)17(18(23)19-13-7-5-4-6-8-13)21-20-15-10-9-14(24-2)11-16(15)25-3/h4-11,17H,1-3H3,(H,19,23). The lowest BCUT2D eigenvalue weighted by Crippen LogP contribution is -2.31. The Morgan fingerprint density at radius 2 is 1.76 bits per heavy atom. The highest BCUT2D eigenvalue weighted by Gasteiger charge is 2.23. The first-order valence-electron chi connectivity index (χ1n) is 7.54. The summed E-state index contributed by atoms with van der Waals surface area (Å²) in [6.07, 6.45) is 0. The normalized spacial score (nSPS) is 11.8. The molecule has 1 N–H and O–H groups in total. The maximum absolute atomic E-state index is 12.3. The number of ether oxygens (including phenoxy) is 2. The van der Waals surface area contributed by atoms with Crippen molar-refractivity contribution in [3.8, 4) is 11.5 Å². The molecular weight excluding hydrogens is 322 g/mol. The van der Waals surface area contributed by atoms with Gasteiger partial charge < -0.3 is 14.8 Å². The molecule has 0 saturated carbocycles. The second kappa shape index (κ2) is 8.58. The molecule has 7 heteroatoms. The van der Waals surface area contributed by atoms with Crippen molar-refractivity contribution in [2.24, 2.45) is 10.2 Å². The van der Waals surface area contributed by atoms with Crippen LogP contribution in [0.2, 0.25) is 0 Å². The third-order valence-corrected chi connectivity index (χ3v) is 3.34. The van der Waals surface area contributed by atoms with E-state index in [4.69, 9.17) is 9.47 Å². The van der Waals surface area contributed by atoms with Crippen molar-refractivity contribution in [1.29, 1.82) is 0 Å². The predicted molar refractivity (Wildman–Crippen MR) is 93.6 cm³/mol. The Kier molecular flexibility index (Phi) is 6.22. The van der Waals surface area contributed by atoms with Gasteiger partial charge in [-0.25, -0.2) is 0 Å². The minimum atomic E-state index is -1.24. The Morgan fingerprint density at radius 1 is 1.04 bits per heavy atom. The number of amides is 1. The van der Waals surface area contributed by atoms with Gasteiger partial charge in [-0.3, -0.25) is 9.59 Å². The van der Waals surface area contributed by atoms with Crippen molar-refractivity contribution in [3.63, 3.8) is 0 Å². The van der Waals surface area contributed by atoms with Crippen molar-refractivity contribution in [3.05, 3.63) is 48.5 Å². The van der Waals surface area contributed by atoms with Crippen LogP contribution in [0.1, 0.15) is 6.92 Å². The molecule has 7 nitrogen and oxygen atoms in total. The van der Waals surface area contributed by atoms with Gasteiger partial charge in [-0.2, -0.15) is 10.2 Å². The highest BCUT2D eigenvalue weighted by molar-refractivity contribution is 6.10. The zero-order valence-electron chi connectivity index (χ0n) is 14.2. The first-order valence-corrected chi connectivity index (χ1v) is 7.54. The Balaban J connectivity index is 2.20. The lowest BCUT2D eigenvalue weighted by molar-refractivity contribution is -0.126. The number of ketones is 1. The molecule has 1 amide bonds. The molecule has 0 aliphatic carbocycles. The molecule has 0 aromatic heterocycles. The van der Waals surface area contributed by atoms with Crippen LogP contribution in [-0.2, 0) is 9.59 Å². The van der Waals surface area contributed by atoms with Crippen LogP contribution in [0.15, 0.2) is 58.8 Å². The van der Waals surface area contributed by atoms with Gasteiger partial charge in [0.15, 0.2) is 5.78 Å². The number of azo groups is 1. The van der Waals surface area contributed by atoms with E-state index in [2.05, 4.69) is 15.5 Å². The number of benzene rings is 2. The van der Waals surface area contributed by atoms with Crippen LogP contribution in [0.4, 0.5) is 11.4 Å². The van der Waals surface area contributed by atoms with E-state index in [9.17, 15) is 9.59 Å². The third-order valence-electron chi connectivity index (χ3n) is 3.34. The average Bonchev–Trinajstić information content (AvgIpc) is 2.62. The molecule has 0 bridgehead atoms.